The second kappa shape index (κ2) is 5.68. The molecule has 1 amide bonds. The third-order valence-corrected chi connectivity index (χ3v) is 5.11. The summed E-state index contributed by atoms with van der Waals surface area (Å²) in [6.45, 7) is 0. The summed E-state index contributed by atoms with van der Waals surface area (Å²) in [6, 6.07) is 3.08. The average Bonchev–Trinajstić information content (AvgIpc) is 2.37. The molecule has 1 aromatic rings. The van der Waals surface area contributed by atoms with E-state index in [-0.39, 0.29) is 28.4 Å². The van der Waals surface area contributed by atoms with Crippen LogP contribution >= 0.6 is 0 Å². The summed E-state index contributed by atoms with van der Waals surface area (Å²) in [5, 5.41) is 13.3. The minimum atomic E-state index is -3.15. The minimum Gasteiger partial charge on any atom is -0.398 e. The average molecular weight is 313 g/mol. The summed E-state index contributed by atoms with van der Waals surface area (Å²) in [7, 11) is -3.15. The number of sulfone groups is 1. The highest BCUT2D eigenvalue weighted by molar-refractivity contribution is 7.91. The highest BCUT2D eigenvalue weighted by atomic mass is 32.2. The van der Waals surface area contributed by atoms with Gasteiger partial charge in [-0.3, -0.25) is 14.9 Å². The van der Waals surface area contributed by atoms with E-state index in [0.717, 1.165) is 6.07 Å². The van der Waals surface area contributed by atoms with Gasteiger partial charge in [0.15, 0.2) is 9.84 Å². The van der Waals surface area contributed by atoms with Gasteiger partial charge in [0.25, 0.3) is 11.6 Å². The molecule has 21 heavy (non-hydrogen) atoms. The largest absolute Gasteiger partial charge is 0.398 e. The Labute approximate surface area is 121 Å². The molecule has 0 spiro atoms. The number of anilines is 1. The fourth-order valence-corrected chi connectivity index (χ4v) is 3.89. The zero-order valence-corrected chi connectivity index (χ0v) is 11.9. The van der Waals surface area contributed by atoms with Gasteiger partial charge in [0, 0.05) is 23.9 Å². The van der Waals surface area contributed by atoms with Crippen LogP contribution in [0, 0.1) is 10.1 Å². The number of nitrogens with zero attached hydrogens (tertiary/aromatic N) is 1. The Hall–Kier alpha value is -2.16. The van der Waals surface area contributed by atoms with E-state index in [1.807, 2.05) is 0 Å². The standard InChI is InChI=1S/C12H15N3O5S/c13-11-4-3-9(15(17)18)6-10(11)12(16)14-8-2-1-5-21(19,20)7-8/h3-4,6,8H,1-2,5,7,13H2,(H,14,16). The number of non-ortho nitro benzene ring substituents is 1. The molecule has 2 rings (SSSR count). The summed E-state index contributed by atoms with van der Waals surface area (Å²) in [6.07, 6.45) is 1.04. The molecule has 1 aromatic carbocycles. The molecule has 1 heterocycles. The van der Waals surface area contributed by atoms with Crippen LogP contribution < -0.4 is 11.1 Å². The number of nitro benzene ring substituents is 1. The van der Waals surface area contributed by atoms with Gasteiger partial charge < -0.3 is 11.1 Å². The van der Waals surface area contributed by atoms with Crippen LogP contribution in [0.5, 0.6) is 0 Å². The monoisotopic (exact) mass is 313 g/mol. The van der Waals surface area contributed by atoms with E-state index in [4.69, 9.17) is 5.73 Å². The molecule has 0 radical (unpaired) electrons. The highest BCUT2D eigenvalue weighted by Gasteiger charge is 2.27. The minimum absolute atomic E-state index is 0.0211. The Morgan fingerprint density at radius 1 is 1.43 bits per heavy atom. The second-order valence-corrected chi connectivity index (χ2v) is 7.18. The summed E-state index contributed by atoms with van der Waals surface area (Å²) < 4.78 is 23.0. The summed E-state index contributed by atoms with van der Waals surface area (Å²) in [5.74, 6) is -0.593. The van der Waals surface area contributed by atoms with Crippen LogP contribution in [0.3, 0.4) is 0 Å². The zero-order valence-electron chi connectivity index (χ0n) is 11.1. The van der Waals surface area contributed by atoms with Gasteiger partial charge >= 0.3 is 0 Å². The first-order valence-electron chi connectivity index (χ1n) is 6.34. The molecule has 0 aliphatic carbocycles. The number of nitro groups is 1. The first-order valence-corrected chi connectivity index (χ1v) is 8.16. The Morgan fingerprint density at radius 2 is 2.14 bits per heavy atom. The molecular formula is C12H15N3O5S. The van der Waals surface area contributed by atoms with Crippen LogP contribution in [-0.4, -0.2) is 36.8 Å². The van der Waals surface area contributed by atoms with Crippen LogP contribution in [0.2, 0.25) is 0 Å². The van der Waals surface area contributed by atoms with Crippen molar-refractivity contribution in [3.63, 3.8) is 0 Å². The Kier molecular flexibility index (Phi) is 4.12. The van der Waals surface area contributed by atoms with E-state index in [1.165, 1.54) is 12.1 Å². The van der Waals surface area contributed by atoms with Crippen molar-refractivity contribution in [1.29, 1.82) is 0 Å². The van der Waals surface area contributed by atoms with Crippen LogP contribution in [0.1, 0.15) is 23.2 Å². The predicted octanol–water partition coefficient (Wildman–Crippen LogP) is 0.484. The molecule has 1 aliphatic heterocycles. The van der Waals surface area contributed by atoms with Gasteiger partial charge in [0.05, 0.1) is 22.0 Å². The van der Waals surface area contributed by atoms with E-state index >= 15 is 0 Å². The lowest BCUT2D eigenvalue weighted by molar-refractivity contribution is -0.384. The maximum atomic E-state index is 12.1. The highest BCUT2D eigenvalue weighted by Crippen LogP contribution is 2.20. The number of nitrogen functional groups attached to an aromatic ring is 1. The summed E-state index contributed by atoms with van der Waals surface area (Å²) in [5.41, 5.74) is 5.49. The van der Waals surface area contributed by atoms with Crippen molar-refractivity contribution in [1.82, 2.24) is 5.32 Å². The quantitative estimate of drug-likeness (QED) is 0.474. The first-order chi connectivity index (χ1) is 9.78. The molecule has 3 N–H and O–H groups in total. The lowest BCUT2D eigenvalue weighted by Crippen LogP contribution is -2.43. The van der Waals surface area contributed by atoms with Gasteiger partial charge in [-0.15, -0.1) is 0 Å². The van der Waals surface area contributed by atoms with E-state index < -0.39 is 26.7 Å². The molecule has 1 aliphatic rings. The number of hydrogen-bond acceptors (Lipinski definition) is 6. The zero-order chi connectivity index (χ0) is 15.6. The van der Waals surface area contributed by atoms with Crippen molar-refractivity contribution in [2.45, 2.75) is 18.9 Å². The van der Waals surface area contributed by atoms with Gasteiger partial charge in [-0.2, -0.15) is 0 Å². The fourth-order valence-electron chi connectivity index (χ4n) is 2.25. The Balaban J connectivity index is 2.17. The molecule has 1 unspecified atom stereocenters. The molecule has 0 bridgehead atoms. The van der Waals surface area contributed by atoms with Gasteiger partial charge in [0.1, 0.15) is 0 Å². The fraction of sp³-hybridized carbons (Fsp3) is 0.417. The van der Waals surface area contributed by atoms with Crippen molar-refractivity contribution in [3.8, 4) is 0 Å². The third kappa shape index (κ3) is 3.69. The molecule has 0 saturated carbocycles. The van der Waals surface area contributed by atoms with Gasteiger partial charge in [-0.05, 0) is 18.9 Å². The lowest BCUT2D eigenvalue weighted by Gasteiger charge is -2.23. The number of hydrogen-bond donors (Lipinski definition) is 2. The van der Waals surface area contributed by atoms with Gasteiger partial charge in [0.2, 0.25) is 0 Å². The number of carbonyl (C=O) groups excluding carboxylic acids is 1. The van der Waals surface area contributed by atoms with Crippen molar-refractivity contribution in [3.05, 3.63) is 33.9 Å². The topological polar surface area (TPSA) is 132 Å². The predicted molar refractivity (Wildman–Crippen MR) is 76.7 cm³/mol. The van der Waals surface area contributed by atoms with Crippen LogP contribution in [0.4, 0.5) is 11.4 Å². The number of nitrogens with one attached hydrogen (secondary N) is 1. The second-order valence-electron chi connectivity index (χ2n) is 4.96. The maximum Gasteiger partial charge on any atom is 0.270 e. The number of benzene rings is 1. The van der Waals surface area contributed by atoms with Crippen molar-refractivity contribution in [2.75, 3.05) is 17.2 Å². The molecule has 1 saturated heterocycles. The number of rotatable bonds is 3. The van der Waals surface area contributed by atoms with Gasteiger partial charge in [-0.25, -0.2) is 8.42 Å². The van der Waals surface area contributed by atoms with E-state index in [0.29, 0.717) is 12.8 Å². The molecule has 1 atom stereocenters. The Bertz CT molecular complexity index is 686. The van der Waals surface area contributed by atoms with Crippen LogP contribution in [0.15, 0.2) is 18.2 Å². The van der Waals surface area contributed by atoms with Gasteiger partial charge in [-0.1, -0.05) is 0 Å². The summed E-state index contributed by atoms with van der Waals surface area (Å²) >= 11 is 0. The van der Waals surface area contributed by atoms with Crippen molar-refractivity contribution in [2.24, 2.45) is 0 Å². The molecular weight excluding hydrogens is 298 g/mol. The maximum absolute atomic E-state index is 12.1. The smallest absolute Gasteiger partial charge is 0.270 e. The van der Waals surface area contributed by atoms with Crippen LogP contribution in [0.25, 0.3) is 0 Å². The molecule has 8 nitrogen and oxygen atoms in total. The van der Waals surface area contributed by atoms with Crippen molar-refractivity contribution >= 4 is 27.1 Å². The van der Waals surface area contributed by atoms with Crippen molar-refractivity contribution < 1.29 is 18.1 Å². The molecule has 1 fully saturated rings. The Morgan fingerprint density at radius 3 is 2.76 bits per heavy atom. The van der Waals surface area contributed by atoms with E-state index in [1.54, 1.807) is 0 Å². The van der Waals surface area contributed by atoms with E-state index in [2.05, 4.69) is 5.32 Å². The number of amides is 1. The number of carbonyl (C=O) groups is 1. The van der Waals surface area contributed by atoms with E-state index in [9.17, 15) is 23.3 Å². The normalized spacial score (nSPS) is 20.7. The molecule has 114 valence electrons. The van der Waals surface area contributed by atoms with Crippen LogP contribution in [-0.2, 0) is 9.84 Å². The first kappa shape index (κ1) is 15.2. The molecule has 0 aromatic heterocycles. The molecule has 9 heteroatoms. The summed E-state index contributed by atoms with van der Waals surface area (Å²) in [4.78, 5) is 22.2. The third-order valence-electron chi connectivity index (χ3n) is 3.29. The lowest BCUT2D eigenvalue weighted by atomic mass is 10.1. The SMILES string of the molecule is Nc1ccc([N+](=O)[O-])cc1C(=O)NC1CCCS(=O)(=O)C1. The number of nitrogens with two attached hydrogens (primary N) is 1.